The Kier molecular flexibility index (Phi) is 8.62. The van der Waals surface area contributed by atoms with Crippen LogP contribution in [0.2, 0.25) is 5.02 Å². The summed E-state index contributed by atoms with van der Waals surface area (Å²) in [6.07, 6.45) is 0. The van der Waals surface area contributed by atoms with E-state index in [4.69, 9.17) is 26.8 Å². The van der Waals surface area contributed by atoms with Crippen LogP contribution in [0.25, 0.3) is 0 Å². The average Bonchev–Trinajstić information content (AvgIpc) is 2.46. The monoisotopic (exact) mass is 300 g/mol. The van der Waals surface area contributed by atoms with Crippen molar-refractivity contribution in [3.8, 4) is 0 Å². The van der Waals surface area contributed by atoms with E-state index in [0.717, 1.165) is 37.6 Å². The van der Waals surface area contributed by atoms with Crippen molar-refractivity contribution in [2.75, 3.05) is 44.4 Å². The molecule has 0 aliphatic rings. The van der Waals surface area contributed by atoms with Gasteiger partial charge in [0.1, 0.15) is 0 Å². The van der Waals surface area contributed by atoms with Crippen LogP contribution in [0, 0.1) is 0 Å². The molecule has 0 radical (unpaired) electrons. The standard InChI is InChI=1S/C15H25ClN2O2/c1-3-19-10-8-18(9-11-20-4-2)15-7-5-6-14(16)13(15)12-17/h5-7H,3-4,8-12,17H2,1-2H3. The van der Waals surface area contributed by atoms with E-state index in [9.17, 15) is 0 Å². The number of benzene rings is 1. The summed E-state index contributed by atoms with van der Waals surface area (Å²) in [6, 6.07) is 5.87. The molecule has 0 atom stereocenters. The van der Waals surface area contributed by atoms with E-state index in [1.54, 1.807) is 0 Å². The second-order valence-electron chi connectivity index (χ2n) is 4.32. The normalized spacial score (nSPS) is 10.8. The molecule has 0 aromatic heterocycles. The fraction of sp³-hybridized carbons (Fsp3) is 0.600. The summed E-state index contributed by atoms with van der Waals surface area (Å²) in [5.74, 6) is 0. The van der Waals surface area contributed by atoms with Gasteiger partial charge in [-0.2, -0.15) is 0 Å². The van der Waals surface area contributed by atoms with Gasteiger partial charge >= 0.3 is 0 Å². The zero-order chi connectivity index (χ0) is 14.8. The molecule has 20 heavy (non-hydrogen) atoms. The molecule has 0 saturated carbocycles. The first kappa shape index (κ1) is 17.2. The van der Waals surface area contributed by atoms with Crippen molar-refractivity contribution in [3.63, 3.8) is 0 Å². The largest absolute Gasteiger partial charge is 0.380 e. The number of hydrogen-bond acceptors (Lipinski definition) is 4. The van der Waals surface area contributed by atoms with E-state index < -0.39 is 0 Å². The summed E-state index contributed by atoms with van der Waals surface area (Å²) in [6.45, 7) is 8.82. The van der Waals surface area contributed by atoms with Crippen LogP contribution in [0.3, 0.4) is 0 Å². The van der Waals surface area contributed by atoms with Crippen LogP contribution >= 0.6 is 11.6 Å². The van der Waals surface area contributed by atoms with E-state index in [1.807, 2.05) is 32.0 Å². The van der Waals surface area contributed by atoms with Crippen LogP contribution in [0.4, 0.5) is 5.69 Å². The van der Waals surface area contributed by atoms with Gasteiger partial charge in [0.2, 0.25) is 0 Å². The Morgan fingerprint density at radius 1 is 1.10 bits per heavy atom. The highest BCUT2D eigenvalue weighted by Gasteiger charge is 2.12. The first-order valence-corrected chi connectivity index (χ1v) is 7.50. The predicted molar refractivity (Wildman–Crippen MR) is 84.5 cm³/mol. The molecule has 1 aromatic rings. The maximum absolute atomic E-state index is 6.23. The van der Waals surface area contributed by atoms with Gasteiger partial charge in [0.15, 0.2) is 0 Å². The minimum atomic E-state index is 0.425. The molecule has 114 valence electrons. The zero-order valence-electron chi connectivity index (χ0n) is 12.4. The summed E-state index contributed by atoms with van der Waals surface area (Å²) in [7, 11) is 0. The van der Waals surface area contributed by atoms with Gasteiger partial charge in [-0.05, 0) is 26.0 Å². The second-order valence-corrected chi connectivity index (χ2v) is 4.73. The van der Waals surface area contributed by atoms with Crippen LogP contribution in [0.15, 0.2) is 18.2 Å². The maximum Gasteiger partial charge on any atom is 0.0641 e. The third-order valence-electron chi connectivity index (χ3n) is 3.06. The van der Waals surface area contributed by atoms with E-state index in [1.165, 1.54) is 0 Å². The molecular weight excluding hydrogens is 276 g/mol. The number of ether oxygens (including phenoxy) is 2. The highest BCUT2D eigenvalue weighted by atomic mass is 35.5. The quantitative estimate of drug-likeness (QED) is 0.675. The molecule has 0 heterocycles. The van der Waals surface area contributed by atoms with Gasteiger partial charge in [-0.15, -0.1) is 0 Å². The van der Waals surface area contributed by atoms with Gasteiger partial charge in [0.05, 0.1) is 13.2 Å². The summed E-state index contributed by atoms with van der Waals surface area (Å²) in [5.41, 5.74) is 7.87. The number of nitrogens with two attached hydrogens (primary N) is 1. The Hall–Kier alpha value is -0.810. The number of halogens is 1. The molecule has 0 fully saturated rings. The van der Waals surface area contributed by atoms with Crippen LogP contribution in [-0.4, -0.2) is 39.5 Å². The number of nitrogens with zero attached hydrogens (tertiary/aromatic N) is 1. The van der Waals surface area contributed by atoms with Crippen molar-refractivity contribution in [1.82, 2.24) is 0 Å². The minimum absolute atomic E-state index is 0.425. The van der Waals surface area contributed by atoms with Crippen molar-refractivity contribution in [1.29, 1.82) is 0 Å². The molecule has 0 unspecified atom stereocenters. The fourth-order valence-electron chi connectivity index (χ4n) is 2.04. The minimum Gasteiger partial charge on any atom is -0.380 e. The third kappa shape index (κ3) is 5.29. The molecule has 0 saturated heterocycles. The van der Waals surface area contributed by atoms with Crippen LogP contribution in [-0.2, 0) is 16.0 Å². The van der Waals surface area contributed by atoms with Gasteiger partial charge in [0.25, 0.3) is 0 Å². The summed E-state index contributed by atoms with van der Waals surface area (Å²) in [5, 5.41) is 0.711. The fourth-order valence-corrected chi connectivity index (χ4v) is 2.28. The lowest BCUT2D eigenvalue weighted by molar-refractivity contribution is 0.141. The lowest BCUT2D eigenvalue weighted by Gasteiger charge is -2.27. The Morgan fingerprint density at radius 2 is 1.70 bits per heavy atom. The topological polar surface area (TPSA) is 47.7 Å². The third-order valence-corrected chi connectivity index (χ3v) is 3.41. The zero-order valence-corrected chi connectivity index (χ0v) is 13.2. The van der Waals surface area contributed by atoms with Crippen molar-refractivity contribution in [2.24, 2.45) is 5.73 Å². The number of hydrogen-bond donors (Lipinski definition) is 1. The molecule has 1 aromatic carbocycles. The lowest BCUT2D eigenvalue weighted by atomic mass is 10.1. The number of rotatable bonds is 10. The molecule has 5 heteroatoms. The van der Waals surface area contributed by atoms with Gasteiger partial charge < -0.3 is 20.1 Å². The molecule has 1 rings (SSSR count). The smallest absolute Gasteiger partial charge is 0.0641 e. The van der Waals surface area contributed by atoms with Crippen molar-refractivity contribution in [3.05, 3.63) is 28.8 Å². The summed E-state index contributed by atoms with van der Waals surface area (Å²) < 4.78 is 10.9. The van der Waals surface area contributed by atoms with E-state index in [0.29, 0.717) is 24.8 Å². The van der Waals surface area contributed by atoms with Gasteiger partial charge in [-0.1, -0.05) is 17.7 Å². The molecule has 0 spiro atoms. The first-order chi connectivity index (χ1) is 9.74. The van der Waals surface area contributed by atoms with Gasteiger partial charge in [-0.3, -0.25) is 0 Å². The van der Waals surface area contributed by atoms with E-state index >= 15 is 0 Å². The highest BCUT2D eigenvalue weighted by molar-refractivity contribution is 6.31. The SMILES string of the molecule is CCOCCN(CCOCC)c1cccc(Cl)c1CN. The summed E-state index contributed by atoms with van der Waals surface area (Å²) in [4.78, 5) is 2.22. The molecule has 0 bridgehead atoms. The van der Waals surface area contributed by atoms with Crippen LogP contribution in [0.1, 0.15) is 19.4 Å². The highest BCUT2D eigenvalue weighted by Crippen LogP contribution is 2.27. The Bertz CT molecular complexity index is 378. The van der Waals surface area contributed by atoms with Crippen molar-refractivity contribution >= 4 is 17.3 Å². The average molecular weight is 301 g/mol. The Labute approximate surface area is 126 Å². The maximum atomic E-state index is 6.23. The molecule has 2 N–H and O–H groups in total. The second kappa shape index (κ2) is 10.00. The molecule has 0 aliphatic heterocycles. The van der Waals surface area contributed by atoms with Crippen LogP contribution in [0.5, 0.6) is 0 Å². The first-order valence-electron chi connectivity index (χ1n) is 7.12. The lowest BCUT2D eigenvalue weighted by Crippen LogP contribution is -2.32. The van der Waals surface area contributed by atoms with Crippen molar-refractivity contribution < 1.29 is 9.47 Å². The Balaban J connectivity index is 2.81. The van der Waals surface area contributed by atoms with E-state index in [2.05, 4.69) is 4.90 Å². The molecule has 0 amide bonds. The molecular formula is C15H25ClN2O2. The Morgan fingerprint density at radius 3 is 2.20 bits per heavy atom. The summed E-state index contributed by atoms with van der Waals surface area (Å²) >= 11 is 6.23. The van der Waals surface area contributed by atoms with Gasteiger partial charge in [0, 0.05) is 49.1 Å². The van der Waals surface area contributed by atoms with Crippen molar-refractivity contribution in [2.45, 2.75) is 20.4 Å². The predicted octanol–water partition coefficient (Wildman–Crippen LogP) is 2.68. The molecule has 4 nitrogen and oxygen atoms in total. The van der Waals surface area contributed by atoms with E-state index in [-0.39, 0.29) is 0 Å². The number of anilines is 1. The molecule has 0 aliphatic carbocycles. The van der Waals surface area contributed by atoms with Gasteiger partial charge in [-0.25, -0.2) is 0 Å². The van der Waals surface area contributed by atoms with Crippen LogP contribution < -0.4 is 10.6 Å².